The van der Waals surface area contributed by atoms with Gasteiger partial charge in [-0.15, -0.1) is 11.6 Å². The molecule has 1 nitrogen and oxygen atoms in total. The Labute approximate surface area is 104 Å². The first-order valence-electron chi connectivity index (χ1n) is 4.77. The van der Waals surface area contributed by atoms with E-state index in [0.29, 0.717) is 0 Å². The van der Waals surface area contributed by atoms with Gasteiger partial charge in [0, 0.05) is 9.45 Å². The highest BCUT2D eigenvalue weighted by Gasteiger charge is 1.94. The summed E-state index contributed by atoms with van der Waals surface area (Å²) in [5.41, 5.74) is 0. The quantitative estimate of drug-likeness (QED) is 0.435. The molecule has 0 saturated heterocycles. The van der Waals surface area contributed by atoms with Crippen LogP contribution in [0.4, 0.5) is 0 Å². The SMILES string of the molecule is ClCCCCCOc1cccc(I)c1. The Bertz CT molecular complexity index is 265. The van der Waals surface area contributed by atoms with Crippen LogP contribution in [-0.4, -0.2) is 12.5 Å². The van der Waals surface area contributed by atoms with Crippen LogP contribution in [0.1, 0.15) is 19.3 Å². The van der Waals surface area contributed by atoms with Crippen molar-refractivity contribution in [3.63, 3.8) is 0 Å². The Morgan fingerprint density at radius 3 is 2.79 bits per heavy atom. The summed E-state index contributed by atoms with van der Waals surface area (Å²) in [5, 5.41) is 0. The molecule has 0 aliphatic carbocycles. The van der Waals surface area contributed by atoms with Crippen LogP contribution in [0.5, 0.6) is 5.75 Å². The van der Waals surface area contributed by atoms with Gasteiger partial charge in [0.2, 0.25) is 0 Å². The molecule has 0 aliphatic rings. The Morgan fingerprint density at radius 1 is 1.21 bits per heavy atom. The lowest BCUT2D eigenvalue weighted by molar-refractivity contribution is 0.306. The summed E-state index contributed by atoms with van der Waals surface area (Å²) in [6.45, 7) is 0.789. The lowest BCUT2D eigenvalue weighted by Gasteiger charge is -2.05. The number of hydrogen-bond donors (Lipinski definition) is 0. The Balaban J connectivity index is 2.18. The summed E-state index contributed by atoms with van der Waals surface area (Å²) >= 11 is 7.86. The van der Waals surface area contributed by atoms with Crippen molar-refractivity contribution in [2.45, 2.75) is 19.3 Å². The van der Waals surface area contributed by atoms with E-state index in [0.717, 1.165) is 37.5 Å². The third kappa shape index (κ3) is 5.05. The van der Waals surface area contributed by atoms with Crippen molar-refractivity contribution >= 4 is 34.2 Å². The molecule has 0 aliphatic heterocycles. The summed E-state index contributed by atoms with van der Waals surface area (Å²) in [6, 6.07) is 8.10. The molecule has 0 aromatic heterocycles. The fourth-order valence-electron chi connectivity index (χ4n) is 1.12. The minimum Gasteiger partial charge on any atom is -0.494 e. The summed E-state index contributed by atoms with van der Waals surface area (Å²) in [7, 11) is 0. The van der Waals surface area contributed by atoms with Crippen LogP contribution in [0.25, 0.3) is 0 Å². The first-order valence-corrected chi connectivity index (χ1v) is 6.38. The van der Waals surface area contributed by atoms with E-state index in [9.17, 15) is 0 Å². The van der Waals surface area contributed by atoms with Gasteiger partial charge in [-0.25, -0.2) is 0 Å². The van der Waals surface area contributed by atoms with E-state index in [1.165, 1.54) is 3.57 Å². The molecular weight excluding hydrogens is 310 g/mol. The molecule has 0 atom stereocenters. The smallest absolute Gasteiger partial charge is 0.120 e. The van der Waals surface area contributed by atoms with E-state index < -0.39 is 0 Å². The fraction of sp³-hybridized carbons (Fsp3) is 0.455. The van der Waals surface area contributed by atoms with Crippen molar-refractivity contribution in [3.05, 3.63) is 27.8 Å². The average molecular weight is 325 g/mol. The van der Waals surface area contributed by atoms with Gasteiger partial charge in [-0.2, -0.15) is 0 Å². The van der Waals surface area contributed by atoms with Crippen molar-refractivity contribution in [2.75, 3.05) is 12.5 Å². The maximum Gasteiger partial charge on any atom is 0.120 e. The molecule has 0 N–H and O–H groups in total. The molecule has 1 aromatic rings. The number of halogens is 2. The highest BCUT2D eigenvalue weighted by molar-refractivity contribution is 14.1. The lowest BCUT2D eigenvalue weighted by Crippen LogP contribution is -1.97. The summed E-state index contributed by atoms with van der Waals surface area (Å²) in [6.07, 6.45) is 3.31. The Morgan fingerprint density at radius 2 is 2.07 bits per heavy atom. The molecule has 78 valence electrons. The van der Waals surface area contributed by atoms with Crippen molar-refractivity contribution in [1.29, 1.82) is 0 Å². The maximum atomic E-state index is 5.59. The predicted molar refractivity (Wildman–Crippen MR) is 69.2 cm³/mol. The van der Waals surface area contributed by atoms with Crippen LogP contribution in [0.3, 0.4) is 0 Å². The largest absolute Gasteiger partial charge is 0.494 e. The zero-order valence-electron chi connectivity index (χ0n) is 8.01. The molecule has 0 saturated carbocycles. The number of ether oxygens (including phenoxy) is 1. The van der Waals surface area contributed by atoms with Gasteiger partial charge in [-0.3, -0.25) is 0 Å². The van der Waals surface area contributed by atoms with E-state index in [1.807, 2.05) is 18.2 Å². The number of benzene rings is 1. The van der Waals surface area contributed by atoms with Crippen LogP contribution in [0.2, 0.25) is 0 Å². The van der Waals surface area contributed by atoms with Crippen LogP contribution < -0.4 is 4.74 Å². The van der Waals surface area contributed by atoms with E-state index in [2.05, 4.69) is 28.7 Å². The minimum absolute atomic E-state index is 0.753. The highest BCUT2D eigenvalue weighted by atomic mass is 127. The molecular formula is C11H14ClIO. The first kappa shape index (κ1) is 12.1. The van der Waals surface area contributed by atoms with Crippen molar-refractivity contribution in [2.24, 2.45) is 0 Å². The molecule has 0 unspecified atom stereocenters. The molecule has 0 radical (unpaired) electrons. The van der Waals surface area contributed by atoms with E-state index >= 15 is 0 Å². The monoisotopic (exact) mass is 324 g/mol. The zero-order valence-corrected chi connectivity index (χ0v) is 10.9. The fourth-order valence-corrected chi connectivity index (χ4v) is 1.82. The normalized spacial score (nSPS) is 10.1. The third-order valence-electron chi connectivity index (χ3n) is 1.84. The zero-order chi connectivity index (χ0) is 10.2. The van der Waals surface area contributed by atoms with Gasteiger partial charge in [-0.05, 0) is 60.1 Å². The molecule has 0 amide bonds. The second-order valence-corrected chi connectivity index (χ2v) is 4.68. The summed E-state index contributed by atoms with van der Waals surface area (Å²) in [4.78, 5) is 0. The minimum atomic E-state index is 0.753. The number of hydrogen-bond acceptors (Lipinski definition) is 1. The van der Waals surface area contributed by atoms with Crippen molar-refractivity contribution in [1.82, 2.24) is 0 Å². The predicted octanol–water partition coefficient (Wildman–Crippen LogP) is 4.08. The molecule has 1 aromatic carbocycles. The molecule has 14 heavy (non-hydrogen) atoms. The highest BCUT2D eigenvalue weighted by Crippen LogP contribution is 2.15. The van der Waals surface area contributed by atoms with Gasteiger partial charge in [0.1, 0.15) is 5.75 Å². The van der Waals surface area contributed by atoms with Gasteiger partial charge in [-0.1, -0.05) is 6.07 Å². The van der Waals surface area contributed by atoms with E-state index in [4.69, 9.17) is 16.3 Å². The second kappa shape index (κ2) is 7.35. The Hall–Kier alpha value is 0.0400. The van der Waals surface area contributed by atoms with Crippen LogP contribution in [0.15, 0.2) is 24.3 Å². The van der Waals surface area contributed by atoms with Gasteiger partial charge >= 0.3 is 0 Å². The third-order valence-corrected chi connectivity index (χ3v) is 2.78. The molecule has 0 fully saturated rings. The topological polar surface area (TPSA) is 9.23 Å². The summed E-state index contributed by atoms with van der Waals surface area (Å²) in [5.74, 6) is 1.71. The van der Waals surface area contributed by atoms with Gasteiger partial charge in [0.05, 0.1) is 6.61 Å². The standard InChI is InChI=1S/C11H14ClIO/c12-7-2-1-3-8-14-11-6-4-5-10(13)9-11/h4-6,9H,1-3,7-8H2. The number of unbranched alkanes of at least 4 members (excludes halogenated alkanes) is 2. The van der Waals surface area contributed by atoms with Crippen LogP contribution >= 0.6 is 34.2 Å². The maximum absolute atomic E-state index is 5.59. The molecule has 0 spiro atoms. The number of alkyl halides is 1. The molecule has 1 rings (SSSR count). The van der Waals surface area contributed by atoms with Crippen molar-refractivity contribution < 1.29 is 4.74 Å². The first-order chi connectivity index (χ1) is 6.83. The van der Waals surface area contributed by atoms with Gasteiger partial charge in [0.15, 0.2) is 0 Å². The van der Waals surface area contributed by atoms with Crippen LogP contribution in [0, 0.1) is 3.57 Å². The van der Waals surface area contributed by atoms with Crippen molar-refractivity contribution in [3.8, 4) is 5.75 Å². The second-order valence-electron chi connectivity index (χ2n) is 3.06. The molecule has 0 bridgehead atoms. The van der Waals surface area contributed by atoms with Crippen LogP contribution in [-0.2, 0) is 0 Å². The lowest BCUT2D eigenvalue weighted by atomic mass is 10.3. The van der Waals surface area contributed by atoms with Gasteiger partial charge < -0.3 is 4.74 Å². The number of rotatable bonds is 6. The average Bonchev–Trinajstić information content (AvgIpc) is 2.18. The van der Waals surface area contributed by atoms with Gasteiger partial charge in [0.25, 0.3) is 0 Å². The van der Waals surface area contributed by atoms with E-state index in [1.54, 1.807) is 0 Å². The Kier molecular flexibility index (Phi) is 6.36. The molecule has 0 heterocycles. The molecule has 3 heteroatoms. The van der Waals surface area contributed by atoms with E-state index in [-0.39, 0.29) is 0 Å². The summed E-state index contributed by atoms with van der Waals surface area (Å²) < 4.78 is 6.79.